The van der Waals surface area contributed by atoms with Crippen molar-refractivity contribution in [1.82, 2.24) is 15.0 Å². The summed E-state index contributed by atoms with van der Waals surface area (Å²) in [6, 6.07) is 7.87. The SMILES string of the molecule is CCOc1ccc(-c2noc(CN3CCCCC3C(O)CC)n2)cc1. The van der Waals surface area contributed by atoms with E-state index in [1.165, 1.54) is 6.42 Å². The van der Waals surface area contributed by atoms with Crippen molar-refractivity contribution in [3.05, 3.63) is 30.2 Å². The number of benzene rings is 1. The van der Waals surface area contributed by atoms with Crippen LogP contribution in [0.4, 0.5) is 0 Å². The van der Waals surface area contributed by atoms with Gasteiger partial charge in [0.05, 0.1) is 19.3 Å². The van der Waals surface area contributed by atoms with Crippen molar-refractivity contribution < 1.29 is 14.4 Å². The predicted molar refractivity (Wildman–Crippen MR) is 95.2 cm³/mol. The average molecular weight is 345 g/mol. The van der Waals surface area contributed by atoms with E-state index in [1.54, 1.807) is 0 Å². The summed E-state index contributed by atoms with van der Waals surface area (Å²) in [5.41, 5.74) is 0.905. The number of ether oxygens (including phenoxy) is 1. The number of aliphatic hydroxyl groups excluding tert-OH is 1. The quantitative estimate of drug-likeness (QED) is 0.830. The fourth-order valence-corrected chi connectivity index (χ4v) is 3.40. The number of hydrogen-bond donors (Lipinski definition) is 1. The van der Waals surface area contributed by atoms with Gasteiger partial charge in [0.25, 0.3) is 0 Å². The van der Waals surface area contributed by atoms with Gasteiger partial charge in [-0.05, 0) is 57.0 Å². The van der Waals surface area contributed by atoms with E-state index >= 15 is 0 Å². The van der Waals surface area contributed by atoms with Gasteiger partial charge in [-0.1, -0.05) is 18.5 Å². The van der Waals surface area contributed by atoms with Gasteiger partial charge in [-0.15, -0.1) is 0 Å². The molecule has 3 rings (SSSR count). The molecule has 1 aromatic carbocycles. The highest BCUT2D eigenvalue weighted by Gasteiger charge is 2.29. The van der Waals surface area contributed by atoms with Crippen LogP contribution in [0.3, 0.4) is 0 Å². The van der Waals surface area contributed by atoms with Crippen LogP contribution < -0.4 is 4.74 Å². The highest BCUT2D eigenvalue weighted by Crippen LogP contribution is 2.24. The Hall–Kier alpha value is -1.92. The van der Waals surface area contributed by atoms with Crippen molar-refractivity contribution in [3.63, 3.8) is 0 Å². The van der Waals surface area contributed by atoms with Crippen LogP contribution in [0, 0.1) is 0 Å². The first kappa shape index (κ1) is 17.9. The largest absolute Gasteiger partial charge is 0.494 e. The van der Waals surface area contributed by atoms with Gasteiger partial charge >= 0.3 is 0 Å². The lowest BCUT2D eigenvalue weighted by atomic mass is 9.96. The number of aromatic nitrogens is 2. The first-order valence-electron chi connectivity index (χ1n) is 9.19. The van der Waals surface area contributed by atoms with Gasteiger partial charge in [0, 0.05) is 11.6 Å². The molecule has 1 fully saturated rings. The van der Waals surface area contributed by atoms with Crippen LogP contribution in [0.2, 0.25) is 0 Å². The van der Waals surface area contributed by atoms with Crippen molar-refractivity contribution in [3.8, 4) is 17.1 Å². The van der Waals surface area contributed by atoms with Crippen LogP contribution in [0.5, 0.6) is 5.75 Å². The standard InChI is InChI=1S/C19H27N3O3/c1-3-17(23)16-7-5-6-12-22(16)13-18-20-19(21-25-18)14-8-10-15(11-9-14)24-4-2/h8-11,16-17,23H,3-7,12-13H2,1-2H3. The average Bonchev–Trinajstić information content (AvgIpc) is 3.11. The van der Waals surface area contributed by atoms with E-state index in [0.29, 0.717) is 24.9 Å². The molecule has 0 bridgehead atoms. The van der Waals surface area contributed by atoms with E-state index < -0.39 is 0 Å². The van der Waals surface area contributed by atoms with Crippen molar-refractivity contribution in [1.29, 1.82) is 0 Å². The Morgan fingerprint density at radius 2 is 2.08 bits per heavy atom. The van der Waals surface area contributed by atoms with Crippen LogP contribution in [-0.2, 0) is 6.54 Å². The zero-order valence-corrected chi connectivity index (χ0v) is 15.0. The molecule has 2 heterocycles. The summed E-state index contributed by atoms with van der Waals surface area (Å²) in [5, 5.41) is 14.4. The van der Waals surface area contributed by atoms with E-state index in [2.05, 4.69) is 15.0 Å². The monoisotopic (exact) mass is 345 g/mol. The molecule has 1 aromatic heterocycles. The second kappa shape index (κ2) is 8.45. The van der Waals surface area contributed by atoms with Gasteiger partial charge in [-0.3, -0.25) is 4.90 Å². The number of rotatable bonds is 7. The first-order valence-corrected chi connectivity index (χ1v) is 9.19. The second-order valence-electron chi connectivity index (χ2n) is 6.48. The molecular formula is C19H27N3O3. The summed E-state index contributed by atoms with van der Waals surface area (Å²) in [4.78, 5) is 6.80. The zero-order chi connectivity index (χ0) is 17.6. The summed E-state index contributed by atoms with van der Waals surface area (Å²) in [6.07, 6.45) is 3.80. The minimum atomic E-state index is -0.297. The van der Waals surface area contributed by atoms with Crippen molar-refractivity contribution >= 4 is 0 Å². The Morgan fingerprint density at radius 1 is 1.28 bits per heavy atom. The van der Waals surface area contributed by atoms with E-state index in [1.807, 2.05) is 38.1 Å². The lowest BCUT2D eigenvalue weighted by Gasteiger charge is -2.37. The Balaban J connectivity index is 1.68. The molecule has 2 atom stereocenters. The molecule has 25 heavy (non-hydrogen) atoms. The minimum absolute atomic E-state index is 0.180. The third-order valence-corrected chi connectivity index (χ3v) is 4.76. The van der Waals surface area contributed by atoms with E-state index in [4.69, 9.17) is 9.26 Å². The molecule has 0 spiro atoms. The van der Waals surface area contributed by atoms with E-state index in [-0.39, 0.29) is 12.1 Å². The van der Waals surface area contributed by atoms with Crippen LogP contribution >= 0.6 is 0 Å². The molecule has 0 aliphatic carbocycles. The maximum atomic E-state index is 10.3. The van der Waals surface area contributed by atoms with Crippen LogP contribution in [0.15, 0.2) is 28.8 Å². The molecule has 136 valence electrons. The van der Waals surface area contributed by atoms with Gasteiger partial charge in [0.1, 0.15) is 5.75 Å². The van der Waals surface area contributed by atoms with Gasteiger partial charge in [0.2, 0.25) is 11.7 Å². The van der Waals surface area contributed by atoms with Crippen LogP contribution in [0.25, 0.3) is 11.4 Å². The summed E-state index contributed by atoms with van der Waals surface area (Å²) < 4.78 is 10.9. The van der Waals surface area contributed by atoms with Crippen molar-refractivity contribution in [2.75, 3.05) is 13.2 Å². The maximum absolute atomic E-state index is 10.3. The normalized spacial score (nSPS) is 19.7. The van der Waals surface area contributed by atoms with Gasteiger partial charge < -0.3 is 14.4 Å². The van der Waals surface area contributed by atoms with Gasteiger partial charge in [-0.2, -0.15) is 4.98 Å². The summed E-state index contributed by atoms with van der Waals surface area (Å²) in [7, 11) is 0. The van der Waals surface area contributed by atoms with Crippen LogP contribution in [-0.4, -0.2) is 45.4 Å². The molecular weight excluding hydrogens is 318 g/mol. The molecule has 0 radical (unpaired) electrons. The Morgan fingerprint density at radius 3 is 2.80 bits per heavy atom. The predicted octanol–water partition coefficient (Wildman–Crippen LogP) is 3.26. The highest BCUT2D eigenvalue weighted by atomic mass is 16.5. The Labute approximate surface area is 148 Å². The third-order valence-electron chi connectivity index (χ3n) is 4.76. The first-order chi connectivity index (χ1) is 12.2. The van der Waals surface area contributed by atoms with E-state index in [0.717, 1.165) is 37.1 Å². The summed E-state index contributed by atoms with van der Waals surface area (Å²) in [5.74, 6) is 2.02. The zero-order valence-electron chi connectivity index (χ0n) is 15.0. The van der Waals surface area contributed by atoms with Crippen molar-refractivity contribution in [2.45, 2.75) is 58.2 Å². The smallest absolute Gasteiger partial charge is 0.241 e. The molecule has 0 saturated carbocycles. The van der Waals surface area contributed by atoms with E-state index in [9.17, 15) is 5.11 Å². The van der Waals surface area contributed by atoms with Crippen LogP contribution in [0.1, 0.15) is 45.4 Å². The molecule has 6 heteroatoms. The number of likely N-dealkylation sites (tertiary alicyclic amines) is 1. The highest BCUT2D eigenvalue weighted by molar-refractivity contribution is 5.55. The number of aliphatic hydroxyl groups is 1. The maximum Gasteiger partial charge on any atom is 0.241 e. The molecule has 2 aromatic rings. The third kappa shape index (κ3) is 4.38. The Bertz CT molecular complexity index is 656. The molecule has 1 aliphatic rings. The second-order valence-corrected chi connectivity index (χ2v) is 6.48. The van der Waals surface area contributed by atoms with Gasteiger partial charge in [-0.25, -0.2) is 0 Å². The fraction of sp³-hybridized carbons (Fsp3) is 0.579. The molecule has 1 saturated heterocycles. The molecule has 2 unspecified atom stereocenters. The minimum Gasteiger partial charge on any atom is -0.494 e. The van der Waals surface area contributed by atoms with Crippen molar-refractivity contribution in [2.24, 2.45) is 0 Å². The summed E-state index contributed by atoms with van der Waals surface area (Å²) in [6.45, 7) is 6.18. The topological polar surface area (TPSA) is 71.6 Å². The molecule has 0 amide bonds. The van der Waals surface area contributed by atoms with Gasteiger partial charge in [0.15, 0.2) is 0 Å². The lowest BCUT2D eigenvalue weighted by molar-refractivity contribution is 0.0145. The number of hydrogen-bond acceptors (Lipinski definition) is 6. The number of piperidine rings is 1. The molecule has 1 aliphatic heterocycles. The number of nitrogens with zero attached hydrogens (tertiary/aromatic N) is 3. The summed E-state index contributed by atoms with van der Waals surface area (Å²) >= 11 is 0. The molecule has 6 nitrogen and oxygen atoms in total. The fourth-order valence-electron chi connectivity index (χ4n) is 3.40. The lowest BCUT2D eigenvalue weighted by Crippen LogP contribution is -2.46. The molecule has 1 N–H and O–H groups in total. The Kier molecular flexibility index (Phi) is 6.04.